The van der Waals surface area contributed by atoms with Gasteiger partial charge >= 0.3 is 0 Å². The number of hydrogen-bond donors (Lipinski definition) is 1. The Morgan fingerprint density at radius 3 is 2.57 bits per heavy atom. The lowest BCUT2D eigenvalue weighted by atomic mass is 9.89. The van der Waals surface area contributed by atoms with Crippen LogP contribution in [0.5, 0.6) is 0 Å². The van der Waals surface area contributed by atoms with Gasteiger partial charge in [0.2, 0.25) is 5.91 Å². The molecule has 1 N–H and O–H groups in total. The standard InChI is InChI=1S/C24H22N4O2/c25-15-20-16-26-28(21-8-2-1-3-9-21)24(20)27-23(30)13-12-22(29)19-11-10-17-6-4-5-7-18(17)14-19/h1-3,8-11,14,16H,4-7,12-13H2,(H,27,30). The molecule has 0 spiro atoms. The largest absolute Gasteiger partial charge is 0.309 e. The third-order valence-electron chi connectivity index (χ3n) is 5.40. The monoisotopic (exact) mass is 398 g/mol. The Bertz CT molecular complexity index is 1130. The number of hydrogen-bond acceptors (Lipinski definition) is 4. The lowest BCUT2D eigenvalue weighted by Gasteiger charge is -2.16. The van der Waals surface area contributed by atoms with Crippen molar-refractivity contribution < 1.29 is 9.59 Å². The number of rotatable bonds is 6. The van der Waals surface area contributed by atoms with Crippen LogP contribution in [0.4, 0.5) is 5.82 Å². The van der Waals surface area contributed by atoms with Crippen molar-refractivity contribution in [3.05, 3.63) is 77.0 Å². The Morgan fingerprint density at radius 1 is 1.03 bits per heavy atom. The predicted octanol–water partition coefficient (Wildman–Crippen LogP) is 4.22. The first-order valence-electron chi connectivity index (χ1n) is 10.1. The molecule has 0 saturated heterocycles. The van der Waals surface area contributed by atoms with E-state index in [0.29, 0.717) is 11.4 Å². The zero-order valence-electron chi connectivity index (χ0n) is 16.6. The number of Topliss-reactive ketones (excluding diaryl/α,β-unsaturated/α-hetero) is 1. The first-order chi connectivity index (χ1) is 14.7. The maximum atomic E-state index is 12.6. The van der Waals surface area contributed by atoms with Crippen LogP contribution in [-0.2, 0) is 17.6 Å². The zero-order valence-corrected chi connectivity index (χ0v) is 16.6. The molecular weight excluding hydrogens is 376 g/mol. The van der Waals surface area contributed by atoms with Crippen LogP contribution in [0.1, 0.15) is 52.7 Å². The molecule has 1 heterocycles. The van der Waals surface area contributed by atoms with Gasteiger partial charge in [0.05, 0.1) is 11.9 Å². The van der Waals surface area contributed by atoms with Crippen molar-refractivity contribution in [2.75, 3.05) is 5.32 Å². The molecule has 1 aromatic heterocycles. The molecule has 1 aliphatic carbocycles. The highest BCUT2D eigenvalue weighted by atomic mass is 16.2. The number of anilines is 1. The summed E-state index contributed by atoms with van der Waals surface area (Å²) in [5, 5.41) is 16.3. The van der Waals surface area contributed by atoms with Gasteiger partial charge in [-0.3, -0.25) is 9.59 Å². The second-order valence-electron chi connectivity index (χ2n) is 7.43. The average molecular weight is 398 g/mol. The average Bonchev–Trinajstić information content (AvgIpc) is 3.20. The van der Waals surface area contributed by atoms with Gasteiger partial charge < -0.3 is 5.32 Å². The number of ketones is 1. The van der Waals surface area contributed by atoms with Crippen LogP contribution >= 0.6 is 0 Å². The number of amides is 1. The molecule has 2 aromatic carbocycles. The normalized spacial score (nSPS) is 12.6. The number of fused-ring (bicyclic) bond motifs is 1. The van der Waals surface area contributed by atoms with E-state index in [1.165, 1.54) is 28.4 Å². The molecule has 4 rings (SSSR count). The summed E-state index contributed by atoms with van der Waals surface area (Å²) < 4.78 is 1.52. The minimum atomic E-state index is -0.324. The van der Waals surface area contributed by atoms with E-state index in [1.807, 2.05) is 54.6 Å². The molecule has 6 heteroatoms. The van der Waals surface area contributed by atoms with Crippen LogP contribution in [0, 0.1) is 11.3 Å². The first kappa shape index (κ1) is 19.6. The predicted molar refractivity (Wildman–Crippen MR) is 114 cm³/mol. The SMILES string of the molecule is N#Cc1cnn(-c2ccccc2)c1NC(=O)CCC(=O)c1ccc2c(c1)CCCC2. The molecule has 150 valence electrons. The molecule has 6 nitrogen and oxygen atoms in total. The maximum Gasteiger partial charge on any atom is 0.226 e. The summed E-state index contributed by atoms with van der Waals surface area (Å²) in [5.74, 6) is -0.0546. The number of aromatic nitrogens is 2. The fourth-order valence-electron chi connectivity index (χ4n) is 3.79. The molecule has 0 fully saturated rings. The van der Waals surface area contributed by atoms with Crippen LogP contribution in [0.15, 0.2) is 54.7 Å². The topological polar surface area (TPSA) is 87.8 Å². The second-order valence-corrected chi connectivity index (χ2v) is 7.43. The van der Waals surface area contributed by atoms with E-state index in [0.717, 1.165) is 24.9 Å². The van der Waals surface area contributed by atoms with E-state index in [-0.39, 0.29) is 30.1 Å². The lowest BCUT2D eigenvalue weighted by Crippen LogP contribution is -2.17. The Hall–Kier alpha value is -3.72. The minimum absolute atomic E-state index is 0.0424. The van der Waals surface area contributed by atoms with Gasteiger partial charge in [-0.05, 0) is 55.0 Å². The molecule has 0 saturated carbocycles. The Labute approximate surface area is 175 Å². The molecule has 1 aliphatic rings. The van der Waals surface area contributed by atoms with E-state index < -0.39 is 0 Å². The number of nitriles is 1. The van der Waals surface area contributed by atoms with Gasteiger partial charge in [0.25, 0.3) is 0 Å². The minimum Gasteiger partial charge on any atom is -0.309 e. The number of carbonyl (C=O) groups excluding carboxylic acids is 2. The summed E-state index contributed by atoms with van der Waals surface area (Å²) >= 11 is 0. The van der Waals surface area contributed by atoms with Gasteiger partial charge in [-0.25, -0.2) is 4.68 Å². The number of para-hydroxylation sites is 1. The summed E-state index contributed by atoms with van der Waals surface area (Å²) in [7, 11) is 0. The highest BCUT2D eigenvalue weighted by Gasteiger charge is 2.17. The van der Waals surface area contributed by atoms with Crippen LogP contribution in [0.2, 0.25) is 0 Å². The molecular formula is C24H22N4O2. The van der Waals surface area contributed by atoms with Gasteiger partial charge in [0.1, 0.15) is 11.6 Å². The first-order valence-corrected chi connectivity index (χ1v) is 10.1. The molecule has 0 bridgehead atoms. The van der Waals surface area contributed by atoms with E-state index in [1.54, 1.807) is 0 Å². The summed E-state index contributed by atoms with van der Waals surface area (Å²) in [6.45, 7) is 0. The van der Waals surface area contributed by atoms with E-state index in [9.17, 15) is 14.9 Å². The smallest absolute Gasteiger partial charge is 0.226 e. The van der Waals surface area contributed by atoms with E-state index in [4.69, 9.17) is 0 Å². The van der Waals surface area contributed by atoms with Crippen molar-refractivity contribution >= 4 is 17.5 Å². The maximum absolute atomic E-state index is 12.6. The molecule has 1 amide bonds. The number of nitrogens with zero attached hydrogens (tertiary/aromatic N) is 3. The zero-order chi connectivity index (χ0) is 20.9. The van der Waals surface area contributed by atoms with Gasteiger partial charge in [-0.15, -0.1) is 0 Å². The lowest BCUT2D eigenvalue weighted by molar-refractivity contribution is -0.116. The number of aryl methyl sites for hydroxylation is 2. The quantitative estimate of drug-likeness (QED) is 0.630. The molecule has 0 unspecified atom stereocenters. The molecule has 30 heavy (non-hydrogen) atoms. The van der Waals surface area contributed by atoms with Gasteiger partial charge in [-0.1, -0.05) is 30.3 Å². The summed E-state index contributed by atoms with van der Waals surface area (Å²) in [4.78, 5) is 25.1. The number of nitrogens with one attached hydrogen (secondary N) is 1. The summed E-state index contributed by atoms with van der Waals surface area (Å²) in [6.07, 6.45) is 6.02. The number of benzene rings is 2. The van der Waals surface area contributed by atoms with Gasteiger partial charge in [0.15, 0.2) is 11.6 Å². The van der Waals surface area contributed by atoms with Crippen LogP contribution in [0.3, 0.4) is 0 Å². The number of carbonyl (C=O) groups is 2. The Balaban J connectivity index is 1.43. The Morgan fingerprint density at radius 2 is 1.80 bits per heavy atom. The fraction of sp³-hybridized carbons (Fsp3) is 0.250. The van der Waals surface area contributed by atoms with Crippen molar-refractivity contribution in [2.24, 2.45) is 0 Å². The van der Waals surface area contributed by atoms with Crippen LogP contribution in [0.25, 0.3) is 5.69 Å². The third-order valence-corrected chi connectivity index (χ3v) is 5.40. The van der Waals surface area contributed by atoms with Crippen molar-refractivity contribution in [1.82, 2.24) is 9.78 Å². The van der Waals surface area contributed by atoms with Crippen molar-refractivity contribution in [3.8, 4) is 11.8 Å². The molecule has 0 atom stereocenters. The summed E-state index contributed by atoms with van der Waals surface area (Å²) in [5.41, 5.74) is 4.25. The highest BCUT2D eigenvalue weighted by Crippen LogP contribution is 2.23. The Kier molecular flexibility index (Phi) is 5.71. The second kappa shape index (κ2) is 8.75. The summed E-state index contributed by atoms with van der Waals surface area (Å²) in [6, 6.07) is 17.2. The van der Waals surface area contributed by atoms with Crippen LogP contribution in [-0.4, -0.2) is 21.5 Å². The molecule has 0 aliphatic heterocycles. The molecule has 3 aromatic rings. The van der Waals surface area contributed by atoms with Crippen LogP contribution < -0.4 is 5.32 Å². The fourth-order valence-corrected chi connectivity index (χ4v) is 3.79. The van der Waals surface area contributed by atoms with Gasteiger partial charge in [0, 0.05) is 18.4 Å². The van der Waals surface area contributed by atoms with E-state index >= 15 is 0 Å². The molecule has 0 radical (unpaired) electrons. The van der Waals surface area contributed by atoms with Crippen molar-refractivity contribution in [1.29, 1.82) is 5.26 Å². The highest BCUT2D eigenvalue weighted by molar-refractivity contribution is 6.00. The van der Waals surface area contributed by atoms with E-state index in [2.05, 4.69) is 10.4 Å². The van der Waals surface area contributed by atoms with Crippen molar-refractivity contribution in [3.63, 3.8) is 0 Å². The van der Waals surface area contributed by atoms with Crippen molar-refractivity contribution in [2.45, 2.75) is 38.5 Å². The third kappa shape index (κ3) is 4.15. The van der Waals surface area contributed by atoms with Gasteiger partial charge in [-0.2, -0.15) is 10.4 Å².